The van der Waals surface area contributed by atoms with E-state index >= 15 is 0 Å². The summed E-state index contributed by atoms with van der Waals surface area (Å²) in [4.78, 5) is 0. The van der Waals surface area contributed by atoms with Crippen LogP contribution in [0.15, 0.2) is 0 Å². The highest BCUT2D eigenvalue weighted by atomic mass is 79.9. The van der Waals surface area contributed by atoms with E-state index in [0.29, 0.717) is 0 Å². The zero-order chi connectivity index (χ0) is 22.8. The number of rotatable bonds is 11. The predicted molar refractivity (Wildman–Crippen MR) is 127 cm³/mol. The van der Waals surface area contributed by atoms with Crippen molar-refractivity contribution < 1.29 is 40.1 Å². The van der Waals surface area contributed by atoms with Crippen LogP contribution in [0.25, 0.3) is 0 Å². The standard InChI is InChI=1S/C23H48B2NO4.BrH/c1-11-12-17-26(10,18-13-15-24-27-20(2,3)21(4,5)28-24)19-14-16-25-29-22(6,7)23(8,9)30-25;/h11-19H2,1-10H3;1H/q+1;/p-1. The van der Waals surface area contributed by atoms with Crippen LogP contribution in [0, 0.1) is 0 Å². The molecule has 0 aromatic heterocycles. The molecule has 5 nitrogen and oxygen atoms in total. The SMILES string of the molecule is CCCC[N+](C)(CCCB1OC(C)(C)C(C)(C)O1)CCCB1OC(C)(C)C(C)(C)O1.[Br-]. The van der Waals surface area contributed by atoms with Crippen LogP contribution < -0.4 is 17.0 Å². The summed E-state index contributed by atoms with van der Waals surface area (Å²) in [6.07, 6.45) is 6.67. The van der Waals surface area contributed by atoms with Crippen molar-refractivity contribution in [1.82, 2.24) is 0 Å². The van der Waals surface area contributed by atoms with Gasteiger partial charge in [-0.05, 0) is 87.3 Å². The van der Waals surface area contributed by atoms with Gasteiger partial charge in [0.25, 0.3) is 0 Å². The third-order valence-corrected chi connectivity index (χ3v) is 7.93. The summed E-state index contributed by atoms with van der Waals surface area (Å²) in [6, 6.07) is 0. The van der Waals surface area contributed by atoms with Crippen LogP contribution in [0.5, 0.6) is 0 Å². The van der Waals surface area contributed by atoms with Crippen LogP contribution in [0.2, 0.25) is 12.6 Å². The fourth-order valence-corrected chi connectivity index (χ4v) is 4.32. The Morgan fingerprint density at radius 1 is 0.581 bits per heavy atom. The van der Waals surface area contributed by atoms with E-state index in [1.807, 2.05) is 0 Å². The van der Waals surface area contributed by atoms with Crippen LogP contribution in [-0.4, -0.2) is 67.8 Å². The minimum absolute atomic E-state index is 0. The second-order valence-corrected chi connectivity index (χ2v) is 11.8. The predicted octanol–water partition coefficient (Wildman–Crippen LogP) is 2.20. The Morgan fingerprint density at radius 3 is 1.16 bits per heavy atom. The van der Waals surface area contributed by atoms with E-state index in [2.05, 4.69) is 69.4 Å². The van der Waals surface area contributed by atoms with E-state index in [9.17, 15) is 0 Å². The van der Waals surface area contributed by atoms with E-state index in [1.54, 1.807) is 0 Å². The Bertz CT molecular complexity index is 498. The van der Waals surface area contributed by atoms with Crippen LogP contribution in [0.3, 0.4) is 0 Å². The highest BCUT2D eigenvalue weighted by Crippen LogP contribution is 2.39. The summed E-state index contributed by atoms with van der Waals surface area (Å²) >= 11 is 0. The number of halogens is 1. The van der Waals surface area contributed by atoms with Gasteiger partial charge in [-0.15, -0.1) is 0 Å². The van der Waals surface area contributed by atoms with E-state index < -0.39 is 0 Å². The monoisotopic (exact) mass is 503 g/mol. The van der Waals surface area contributed by atoms with Crippen molar-refractivity contribution in [2.24, 2.45) is 0 Å². The fraction of sp³-hybridized carbons (Fsp3) is 1.00. The quantitative estimate of drug-likeness (QED) is 0.320. The maximum atomic E-state index is 6.19. The Hall–Kier alpha value is 0.410. The molecule has 2 fully saturated rings. The van der Waals surface area contributed by atoms with Crippen molar-refractivity contribution in [2.45, 2.75) is 123 Å². The van der Waals surface area contributed by atoms with Gasteiger partial charge in [0.05, 0.1) is 49.1 Å². The lowest BCUT2D eigenvalue weighted by atomic mass is 9.82. The average Bonchev–Trinajstić information content (AvgIpc) is 2.91. The molecule has 2 aliphatic rings. The maximum Gasteiger partial charge on any atom is 0.458 e. The molecule has 0 aliphatic carbocycles. The van der Waals surface area contributed by atoms with E-state index in [-0.39, 0.29) is 53.6 Å². The van der Waals surface area contributed by atoms with E-state index in [1.165, 1.54) is 19.4 Å². The van der Waals surface area contributed by atoms with Gasteiger partial charge in [-0.25, -0.2) is 0 Å². The van der Waals surface area contributed by atoms with Crippen LogP contribution in [-0.2, 0) is 18.6 Å². The molecule has 0 unspecified atom stereocenters. The number of quaternary nitrogens is 1. The Kier molecular flexibility index (Phi) is 10.2. The molecule has 0 amide bonds. The van der Waals surface area contributed by atoms with Gasteiger partial charge in [-0.1, -0.05) is 13.3 Å². The van der Waals surface area contributed by atoms with Gasteiger partial charge in [-0.3, -0.25) is 0 Å². The lowest BCUT2D eigenvalue weighted by Gasteiger charge is -2.35. The highest BCUT2D eigenvalue weighted by molar-refractivity contribution is 6.45. The molecule has 8 heteroatoms. The van der Waals surface area contributed by atoms with Crippen molar-refractivity contribution in [3.8, 4) is 0 Å². The van der Waals surface area contributed by atoms with Crippen molar-refractivity contribution in [3.05, 3.63) is 0 Å². The molecule has 182 valence electrons. The zero-order valence-electron chi connectivity index (χ0n) is 22.0. The van der Waals surface area contributed by atoms with E-state index in [4.69, 9.17) is 18.6 Å². The molecule has 0 spiro atoms. The van der Waals surface area contributed by atoms with Crippen LogP contribution in [0.4, 0.5) is 0 Å². The molecule has 2 heterocycles. The zero-order valence-corrected chi connectivity index (χ0v) is 23.6. The Balaban J connectivity index is 0.00000480. The number of unbranched alkanes of at least 4 members (excludes halogenated alkanes) is 1. The third kappa shape index (κ3) is 7.45. The number of hydrogen-bond acceptors (Lipinski definition) is 4. The molecule has 0 N–H and O–H groups in total. The van der Waals surface area contributed by atoms with Gasteiger partial charge in [-0.2, -0.15) is 0 Å². The van der Waals surface area contributed by atoms with Crippen molar-refractivity contribution in [2.75, 3.05) is 26.7 Å². The first-order valence-corrected chi connectivity index (χ1v) is 12.2. The minimum Gasteiger partial charge on any atom is -1.00 e. The summed E-state index contributed by atoms with van der Waals surface area (Å²) in [6.45, 7) is 22.9. The smallest absolute Gasteiger partial charge is 0.458 e. The van der Waals surface area contributed by atoms with Gasteiger partial charge in [0.2, 0.25) is 0 Å². The largest absolute Gasteiger partial charge is 1.00 e. The molecule has 0 atom stereocenters. The molecular weight excluding hydrogens is 456 g/mol. The summed E-state index contributed by atoms with van der Waals surface area (Å²) in [7, 11) is 2.24. The number of nitrogens with zero attached hydrogens (tertiary/aromatic N) is 1. The molecule has 2 rings (SSSR count). The Labute approximate surface area is 203 Å². The molecule has 2 saturated heterocycles. The summed E-state index contributed by atoms with van der Waals surface area (Å²) < 4.78 is 25.8. The molecule has 31 heavy (non-hydrogen) atoms. The molecule has 0 aromatic carbocycles. The summed E-state index contributed by atoms with van der Waals surface area (Å²) in [5.41, 5.74) is -0.941. The van der Waals surface area contributed by atoms with Crippen molar-refractivity contribution in [3.63, 3.8) is 0 Å². The lowest BCUT2D eigenvalue weighted by molar-refractivity contribution is -0.909. The van der Waals surface area contributed by atoms with Gasteiger partial charge < -0.3 is 40.1 Å². The number of hydrogen-bond donors (Lipinski definition) is 0. The van der Waals surface area contributed by atoms with Gasteiger partial charge in [0.1, 0.15) is 0 Å². The molecule has 0 radical (unpaired) electrons. The van der Waals surface area contributed by atoms with Gasteiger partial charge in [0.15, 0.2) is 0 Å². The molecule has 2 aliphatic heterocycles. The fourth-order valence-electron chi connectivity index (χ4n) is 4.32. The summed E-state index contributed by atoms with van der Waals surface area (Å²) in [5.74, 6) is 0. The third-order valence-electron chi connectivity index (χ3n) is 7.93. The Morgan fingerprint density at radius 2 is 0.871 bits per heavy atom. The molecular formula is C23H48B2BrNO4. The highest BCUT2D eigenvalue weighted by Gasteiger charge is 2.51. The van der Waals surface area contributed by atoms with Crippen molar-refractivity contribution in [1.29, 1.82) is 0 Å². The average molecular weight is 504 g/mol. The summed E-state index contributed by atoms with van der Waals surface area (Å²) in [5, 5.41) is 0. The minimum atomic E-state index is -0.235. The van der Waals surface area contributed by atoms with Gasteiger partial charge >= 0.3 is 14.2 Å². The second kappa shape index (κ2) is 10.8. The van der Waals surface area contributed by atoms with Crippen LogP contribution in [0.1, 0.15) is 88.0 Å². The normalized spacial score (nSPS) is 23.8. The molecule has 0 saturated carbocycles. The second-order valence-electron chi connectivity index (χ2n) is 11.8. The lowest BCUT2D eigenvalue weighted by Crippen LogP contribution is -3.00. The first-order valence-electron chi connectivity index (χ1n) is 12.2. The van der Waals surface area contributed by atoms with Gasteiger partial charge in [0, 0.05) is 0 Å². The maximum absolute atomic E-state index is 6.19. The topological polar surface area (TPSA) is 36.9 Å². The van der Waals surface area contributed by atoms with Crippen LogP contribution >= 0.6 is 0 Å². The molecule has 0 bridgehead atoms. The first kappa shape index (κ1) is 29.4. The van der Waals surface area contributed by atoms with E-state index in [0.717, 1.165) is 43.1 Å². The first-order chi connectivity index (χ1) is 13.6. The molecule has 0 aromatic rings. The van der Waals surface area contributed by atoms with Crippen molar-refractivity contribution >= 4 is 14.2 Å².